The monoisotopic (exact) mass is 298 g/mol. The number of furan rings is 1. The molecule has 1 amide bonds. The number of carbonyl (C=O) groups excluding carboxylic acids is 1. The lowest BCUT2D eigenvalue weighted by atomic mass is 9.84. The summed E-state index contributed by atoms with van der Waals surface area (Å²) in [6, 6.07) is 1.97. The number of halogens is 1. The summed E-state index contributed by atoms with van der Waals surface area (Å²) in [7, 11) is 0. The van der Waals surface area contributed by atoms with Crippen LogP contribution in [0, 0.1) is 17.8 Å². The second-order valence-electron chi connectivity index (χ2n) is 6.11. The molecule has 112 valence electrons. The largest absolute Gasteiger partial charge is 0.467 e. The van der Waals surface area contributed by atoms with Gasteiger partial charge in [0.15, 0.2) is 0 Å². The lowest BCUT2D eigenvalue weighted by Gasteiger charge is -2.28. The Kier molecular flexibility index (Phi) is 4.76. The lowest BCUT2D eigenvalue weighted by molar-refractivity contribution is 0.0914. The van der Waals surface area contributed by atoms with Crippen LogP contribution in [0.15, 0.2) is 16.7 Å². The van der Waals surface area contributed by atoms with Crippen LogP contribution in [-0.2, 0) is 6.54 Å². The van der Waals surface area contributed by atoms with E-state index in [1.807, 2.05) is 0 Å². The molecule has 0 aromatic carbocycles. The van der Waals surface area contributed by atoms with E-state index in [-0.39, 0.29) is 24.4 Å². The SMILES string of the molecule is CC(NC(=O)c1coc(CN)c1)C1CC2CCC1C2.Cl. The summed E-state index contributed by atoms with van der Waals surface area (Å²) in [5.41, 5.74) is 6.06. The predicted octanol–water partition coefficient (Wildman–Crippen LogP) is 2.71. The van der Waals surface area contributed by atoms with Gasteiger partial charge in [-0.2, -0.15) is 0 Å². The van der Waals surface area contributed by atoms with Gasteiger partial charge in [-0.3, -0.25) is 4.79 Å². The number of hydrogen-bond acceptors (Lipinski definition) is 3. The van der Waals surface area contributed by atoms with Gasteiger partial charge < -0.3 is 15.5 Å². The van der Waals surface area contributed by atoms with Gasteiger partial charge in [0, 0.05) is 6.04 Å². The average molecular weight is 299 g/mol. The number of carbonyl (C=O) groups is 1. The zero-order valence-electron chi connectivity index (χ0n) is 11.8. The summed E-state index contributed by atoms with van der Waals surface area (Å²) in [6.45, 7) is 2.46. The first-order chi connectivity index (χ1) is 9.17. The third-order valence-corrected chi connectivity index (χ3v) is 4.91. The summed E-state index contributed by atoms with van der Waals surface area (Å²) in [5, 5.41) is 3.12. The fourth-order valence-corrected chi connectivity index (χ4v) is 3.91. The highest BCUT2D eigenvalue weighted by Gasteiger charge is 2.42. The van der Waals surface area contributed by atoms with Crippen LogP contribution in [0.5, 0.6) is 0 Å². The molecule has 4 unspecified atom stereocenters. The van der Waals surface area contributed by atoms with Crippen molar-refractivity contribution in [1.29, 1.82) is 0 Å². The molecule has 1 aromatic rings. The van der Waals surface area contributed by atoms with Crippen LogP contribution >= 0.6 is 12.4 Å². The molecule has 4 nitrogen and oxygen atoms in total. The zero-order chi connectivity index (χ0) is 13.4. The minimum Gasteiger partial charge on any atom is -0.467 e. The average Bonchev–Trinajstić information content (AvgIpc) is 3.13. The molecule has 0 spiro atoms. The predicted molar refractivity (Wildman–Crippen MR) is 79.7 cm³/mol. The van der Waals surface area contributed by atoms with Crippen molar-refractivity contribution < 1.29 is 9.21 Å². The topological polar surface area (TPSA) is 68.3 Å². The Labute approximate surface area is 125 Å². The standard InChI is InChI=1S/C15H22N2O2.ClH/c1-9(14-5-10-2-3-11(14)4-10)17-15(18)12-6-13(7-16)19-8-12;/h6,8-11,14H,2-5,7,16H2,1H3,(H,17,18);1H. The van der Waals surface area contributed by atoms with Crippen molar-refractivity contribution in [3.05, 3.63) is 23.7 Å². The minimum atomic E-state index is -0.0428. The summed E-state index contributed by atoms with van der Waals surface area (Å²) in [5.74, 6) is 3.00. The van der Waals surface area contributed by atoms with Crippen molar-refractivity contribution in [3.63, 3.8) is 0 Å². The Bertz CT molecular complexity index is 474. The van der Waals surface area contributed by atoms with Gasteiger partial charge in [0.2, 0.25) is 0 Å². The smallest absolute Gasteiger partial charge is 0.254 e. The van der Waals surface area contributed by atoms with E-state index in [9.17, 15) is 4.79 Å². The van der Waals surface area contributed by atoms with E-state index in [0.29, 0.717) is 23.8 Å². The van der Waals surface area contributed by atoms with E-state index in [4.69, 9.17) is 10.2 Å². The highest BCUT2D eigenvalue weighted by Crippen LogP contribution is 2.49. The van der Waals surface area contributed by atoms with Gasteiger partial charge in [0.05, 0.1) is 12.1 Å². The molecular formula is C15H23ClN2O2. The molecule has 3 rings (SSSR count). The first-order valence-electron chi connectivity index (χ1n) is 7.25. The molecule has 3 N–H and O–H groups in total. The molecule has 2 fully saturated rings. The third-order valence-electron chi connectivity index (χ3n) is 4.91. The fourth-order valence-electron chi connectivity index (χ4n) is 3.91. The first-order valence-corrected chi connectivity index (χ1v) is 7.25. The van der Waals surface area contributed by atoms with E-state index >= 15 is 0 Å². The van der Waals surface area contributed by atoms with Crippen molar-refractivity contribution >= 4 is 18.3 Å². The maximum absolute atomic E-state index is 12.1. The van der Waals surface area contributed by atoms with Gasteiger partial charge in [-0.15, -0.1) is 12.4 Å². The molecule has 2 aliphatic rings. The molecule has 4 atom stereocenters. The van der Waals surface area contributed by atoms with Crippen LogP contribution in [0.3, 0.4) is 0 Å². The Balaban J connectivity index is 0.00000147. The van der Waals surface area contributed by atoms with Gasteiger partial charge in [-0.25, -0.2) is 0 Å². The molecular weight excluding hydrogens is 276 g/mol. The number of hydrogen-bond donors (Lipinski definition) is 2. The number of nitrogens with two attached hydrogens (primary N) is 1. The van der Waals surface area contributed by atoms with Crippen molar-refractivity contribution in [2.75, 3.05) is 0 Å². The third kappa shape index (κ3) is 2.86. The highest BCUT2D eigenvalue weighted by molar-refractivity contribution is 5.94. The maximum Gasteiger partial charge on any atom is 0.254 e. The molecule has 0 saturated heterocycles. The second kappa shape index (κ2) is 6.19. The number of rotatable bonds is 4. The molecule has 0 aliphatic heterocycles. The van der Waals surface area contributed by atoms with Crippen LogP contribution in [0.25, 0.3) is 0 Å². The van der Waals surface area contributed by atoms with Crippen molar-refractivity contribution in [2.45, 2.75) is 45.2 Å². The van der Waals surface area contributed by atoms with Crippen molar-refractivity contribution in [2.24, 2.45) is 23.5 Å². The van der Waals surface area contributed by atoms with Gasteiger partial charge in [-0.1, -0.05) is 6.42 Å². The van der Waals surface area contributed by atoms with Gasteiger partial charge >= 0.3 is 0 Å². The second-order valence-corrected chi connectivity index (χ2v) is 6.11. The molecule has 0 radical (unpaired) electrons. The molecule has 2 bridgehead atoms. The minimum absolute atomic E-state index is 0. The number of fused-ring (bicyclic) bond motifs is 2. The normalized spacial score (nSPS) is 29.0. The summed E-state index contributed by atoms with van der Waals surface area (Å²) < 4.78 is 5.21. The zero-order valence-corrected chi connectivity index (χ0v) is 12.6. The van der Waals surface area contributed by atoms with Crippen LogP contribution in [-0.4, -0.2) is 11.9 Å². The lowest BCUT2D eigenvalue weighted by Crippen LogP contribution is -2.40. The van der Waals surface area contributed by atoms with Gasteiger partial charge in [-0.05, 0) is 50.0 Å². The van der Waals surface area contributed by atoms with Gasteiger partial charge in [0.1, 0.15) is 12.0 Å². The summed E-state index contributed by atoms with van der Waals surface area (Å²) in [4.78, 5) is 12.1. The maximum atomic E-state index is 12.1. The van der Waals surface area contributed by atoms with E-state index in [1.54, 1.807) is 6.07 Å². The molecule has 20 heavy (non-hydrogen) atoms. The summed E-state index contributed by atoms with van der Waals surface area (Å²) in [6.07, 6.45) is 6.88. The first kappa shape index (κ1) is 15.4. The van der Waals surface area contributed by atoms with E-state index < -0.39 is 0 Å². The Morgan fingerprint density at radius 1 is 1.50 bits per heavy atom. The molecule has 1 aromatic heterocycles. The Morgan fingerprint density at radius 3 is 2.85 bits per heavy atom. The van der Waals surface area contributed by atoms with E-state index in [2.05, 4.69) is 12.2 Å². The van der Waals surface area contributed by atoms with Crippen LogP contribution in [0.2, 0.25) is 0 Å². The molecule has 5 heteroatoms. The van der Waals surface area contributed by atoms with Crippen molar-refractivity contribution in [1.82, 2.24) is 5.32 Å². The van der Waals surface area contributed by atoms with Gasteiger partial charge in [0.25, 0.3) is 5.91 Å². The number of amides is 1. The fraction of sp³-hybridized carbons (Fsp3) is 0.667. The van der Waals surface area contributed by atoms with Crippen LogP contribution in [0.1, 0.15) is 48.7 Å². The van der Waals surface area contributed by atoms with Crippen LogP contribution in [0.4, 0.5) is 0 Å². The highest BCUT2D eigenvalue weighted by atomic mass is 35.5. The van der Waals surface area contributed by atoms with Crippen LogP contribution < -0.4 is 11.1 Å². The molecule has 2 saturated carbocycles. The van der Waals surface area contributed by atoms with E-state index in [1.165, 1.54) is 31.9 Å². The van der Waals surface area contributed by atoms with Crippen molar-refractivity contribution in [3.8, 4) is 0 Å². The molecule has 2 aliphatic carbocycles. The number of nitrogens with one attached hydrogen (secondary N) is 1. The Morgan fingerprint density at radius 2 is 2.30 bits per heavy atom. The van der Waals surface area contributed by atoms with E-state index in [0.717, 1.165) is 11.8 Å². The Hall–Kier alpha value is -1.00. The summed E-state index contributed by atoms with van der Waals surface area (Å²) >= 11 is 0. The quantitative estimate of drug-likeness (QED) is 0.898. The molecule has 1 heterocycles.